The summed E-state index contributed by atoms with van der Waals surface area (Å²) in [5.74, 6) is -3.42. The second-order valence-corrected chi connectivity index (χ2v) is 9.47. The SMILES string of the molecule is COC1(O)C=CC(C(Cc2ccccc2)C(=O)C(Cc2ccccc2)C2=CCC(O)(OC)C=C2)=CC1. The molecule has 0 amide bonds. The third kappa shape index (κ3) is 6.18. The molecule has 188 valence electrons. The lowest BCUT2D eigenvalue weighted by Gasteiger charge is -2.31. The van der Waals surface area contributed by atoms with E-state index >= 15 is 0 Å². The van der Waals surface area contributed by atoms with E-state index in [1.54, 1.807) is 12.2 Å². The van der Waals surface area contributed by atoms with Gasteiger partial charge in [0.25, 0.3) is 0 Å². The van der Waals surface area contributed by atoms with Gasteiger partial charge in [-0.15, -0.1) is 0 Å². The maximum Gasteiger partial charge on any atom is 0.188 e. The minimum absolute atomic E-state index is 0.0974. The fourth-order valence-corrected chi connectivity index (χ4v) is 4.78. The van der Waals surface area contributed by atoms with Gasteiger partial charge < -0.3 is 19.7 Å². The Morgan fingerprint density at radius 3 is 1.44 bits per heavy atom. The highest BCUT2D eigenvalue weighted by atomic mass is 16.6. The van der Waals surface area contributed by atoms with E-state index in [0.717, 1.165) is 22.3 Å². The Hall–Kier alpha value is -3.09. The van der Waals surface area contributed by atoms with Crippen molar-refractivity contribution in [3.8, 4) is 0 Å². The number of hydrogen-bond donors (Lipinski definition) is 2. The Kier molecular flexibility index (Phi) is 8.17. The number of Topliss-reactive ketones (excluding diaryl/α,β-unsaturated/α-hetero) is 1. The van der Waals surface area contributed by atoms with Crippen molar-refractivity contribution < 1.29 is 24.5 Å². The molecule has 2 aliphatic carbocycles. The molecule has 0 bridgehead atoms. The van der Waals surface area contributed by atoms with Crippen LogP contribution in [-0.4, -0.2) is 41.8 Å². The van der Waals surface area contributed by atoms with Crippen molar-refractivity contribution in [1.29, 1.82) is 0 Å². The molecule has 2 aromatic rings. The maximum absolute atomic E-state index is 14.4. The molecular formula is C31H34O5. The van der Waals surface area contributed by atoms with E-state index in [4.69, 9.17) is 9.47 Å². The van der Waals surface area contributed by atoms with Crippen LogP contribution in [0.3, 0.4) is 0 Å². The van der Waals surface area contributed by atoms with Crippen molar-refractivity contribution in [2.45, 2.75) is 37.3 Å². The first-order valence-electron chi connectivity index (χ1n) is 12.3. The first kappa shape index (κ1) is 26.0. The standard InChI is InChI=1S/C31H34O5/c1-35-30(33)17-13-25(14-18-30)27(21-23-9-5-3-6-10-23)29(32)28(22-24-11-7-4-8-12-24)26-15-19-31(34,36-2)20-16-26/h3-17,19,27-28,33-34H,18,20-22H2,1-2H3. The van der Waals surface area contributed by atoms with Crippen LogP contribution < -0.4 is 0 Å². The summed E-state index contributed by atoms with van der Waals surface area (Å²) >= 11 is 0. The number of carbonyl (C=O) groups is 1. The van der Waals surface area contributed by atoms with Gasteiger partial charge in [0.05, 0.1) is 0 Å². The third-order valence-corrected chi connectivity index (χ3v) is 7.10. The van der Waals surface area contributed by atoms with Gasteiger partial charge in [-0.2, -0.15) is 0 Å². The van der Waals surface area contributed by atoms with Crippen molar-refractivity contribution in [3.05, 3.63) is 119 Å². The molecule has 5 heteroatoms. The molecule has 2 N–H and O–H groups in total. The van der Waals surface area contributed by atoms with Crippen LogP contribution in [0.2, 0.25) is 0 Å². The van der Waals surface area contributed by atoms with Crippen LogP contribution in [0, 0.1) is 11.8 Å². The predicted molar refractivity (Wildman–Crippen MR) is 140 cm³/mol. The van der Waals surface area contributed by atoms with E-state index in [1.807, 2.05) is 85.0 Å². The molecule has 2 aliphatic rings. The monoisotopic (exact) mass is 486 g/mol. The number of ketones is 1. The van der Waals surface area contributed by atoms with Gasteiger partial charge in [0, 0.05) is 38.9 Å². The van der Waals surface area contributed by atoms with Gasteiger partial charge in [0.15, 0.2) is 11.6 Å². The Labute approximate surface area is 213 Å². The fourth-order valence-electron chi connectivity index (χ4n) is 4.78. The summed E-state index contributed by atoms with van der Waals surface area (Å²) in [4.78, 5) is 14.4. The number of ether oxygens (including phenoxy) is 2. The van der Waals surface area contributed by atoms with Gasteiger partial charge in [-0.3, -0.25) is 4.79 Å². The normalized spacial score (nSPS) is 25.1. The first-order chi connectivity index (χ1) is 17.3. The van der Waals surface area contributed by atoms with E-state index in [-0.39, 0.29) is 18.6 Å². The summed E-state index contributed by atoms with van der Waals surface area (Å²) in [5.41, 5.74) is 3.88. The maximum atomic E-state index is 14.4. The highest BCUT2D eigenvalue weighted by Crippen LogP contribution is 2.34. The number of carbonyl (C=O) groups excluding carboxylic acids is 1. The molecule has 0 fully saturated rings. The Morgan fingerprint density at radius 2 is 1.14 bits per heavy atom. The van der Waals surface area contributed by atoms with Crippen molar-refractivity contribution in [2.24, 2.45) is 11.8 Å². The van der Waals surface area contributed by atoms with Crippen molar-refractivity contribution >= 4 is 5.78 Å². The molecule has 4 rings (SSSR count). The molecule has 0 saturated heterocycles. The predicted octanol–water partition coefficient (Wildman–Crippen LogP) is 4.72. The number of hydrogen-bond acceptors (Lipinski definition) is 5. The number of benzene rings is 2. The lowest BCUT2D eigenvalue weighted by Crippen LogP contribution is -2.34. The smallest absolute Gasteiger partial charge is 0.188 e. The molecular weight excluding hydrogens is 452 g/mol. The number of methoxy groups -OCH3 is 2. The second-order valence-electron chi connectivity index (χ2n) is 9.47. The van der Waals surface area contributed by atoms with E-state index in [0.29, 0.717) is 12.8 Å². The summed E-state index contributed by atoms with van der Waals surface area (Å²) in [6.45, 7) is 0. The average Bonchev–Trinajstić information content (AvgIpc) is 2.92. The van der Waals surface area contributed by atoms with Crippen LogP contribution in [0.4, 0.5) is 0 Å². The molecule has 0 radical (unpaired) electrons. The van der Waals surface area contributed by atoms with Gasteiger partial charge in [-0.25, -0.2) is 0 Å². The summed E-state index contributed by atoms with van der Waals surface area (Å²) in [5, 5.41) is 21.0. The molecule has 0 aliphatic heterocycles. The van der Waals surface area contributed by atoms with Gasteiger partial charge >= 0.3 is 0 Å². The summed E-state index contributed by atoms with van der Waals surface area (Å²) in [6.07, 6.45) is 12.3. The Morgan fingerprint density at radius 1 is 0.750 bits per heavy atom. The molecule has 0 aromatic heterocycles. The third-order valence-electron chi connectivity index (χ3n) is 7.10. The van der Waals surface area contributed by atoms with Crippen molar-refractivity contribution in [2.75, 3.05) is 14.2 Å². The van der Waals surface area contributed by atoms with Crippen LogP contribution in [0.5, 0.6) is 0 Å². The zero-order valence-electron chi connectivity index (χ0n) is 20.8. The van der Waals surface area contributed by atoms with Crippen molar-refractivity contribution in [1.82, 2.24) is 0 Å². The molecule has 5 nitrogen and oxygen atoms in total. The minimum atomic E-state index is -1.35. The lowest BCUT2D eigenvalue weighted by atomic mass is 9.75. The molecule has 0 spiro atoms. The fraction of sp³-hybridized carbons (Fsp3) is 0.323. The Bertz CT molecular complexity index is 1070. The molecule has 0 heterocycles. The summed E-state index contributed by atoms with van der Waals surface area (Å²) in [6, 6.07) is 20.0. The topological polar surface area (TPSA) is 76.0 Å². The van der Waals surface area contributed by atoms with E-state index in [9.17, 15) is 15.0 Å². The molecule has 0 saturated carbocycles. The van der Waals surface area contributed by atoms with Crippen LogP contribution in [0.25, 0.3) is 0 Å². The molecule has 36 heavy (non-hydrogen) atoms. The second kappa shape index (κ2) is 11.3. The van der Waals surface area contributed by atoms with Crippen LogP contribution in [0.15, 0.2) is 108 Å². The molecule has 2 aromatic carbocycles. The molecule has 4 atom stereocenters. The zero-order chi connectivity index (χ0) is 25.6. The van der Waals surface area contributed by atoms with Crippen LogP contribution >= 0.6 is 0 Å². The number of allylic oxidation sites excluding steroid dienone is 4. The largest absolute Gasteiger partial charge is 0.362 e. The number of rotatable bonds is 10. The Balaban J connectivity index is 1.70. The first-order valence-corrected chi connectivity index (χ1v) is 12.3. The minimum Gasteiger partial charge on any atom is -0.362 e. The van der Waals surface area contributed by atoms with E-state index in [2.05, 4.69) is 0 Å². The average molecular weight is 487 g/mol. The summed E-state index contributed by atoms with van der Waals surface area (Å²) in [7, 11) is 2.93. The van der Waals surface area contributed by atoms with Crippen molar-refractivity contribution in [3.63, 3.8) is 0 Å². The van der Waals surface area contributed by atoms with Gasteiger partial charge in [-0.1, -0.05) is 85.0 Å². The van der Waals surface area contributed by atoms with E-state index in [1.165, 1.54) is 14.2 Å². The summed E-state index contributed by atoms with van der Waals surface area (Å²) < 4.78 is 10.4. The van der Waals surface area contributed by atoms with Gasteiger partial charge in [0.1, 0.15) is 5.78 Å². The lowest BCUT2D eigenvalue weighted by molar-refractivity contribution is -0.144. The van der Waals surface area contributed by atoms with Gasteiger partial charge in [-0.05, 0) is 47.3 Å². The number of aliphatic hydroxyl groups is 2. The van der Waals surface area contributed by atoms with Crippen LogP contribution in [0.1, 0.15) is 24.0 Å². The highest BCUT2D eigenvalue weighted by Gasteiger charge is 2.35. The molecule has 4 unspecified atom stereocenters. The van der Waals surface area contributed by atoms with E-state index < -0.39 is 23.4 Å². The van der Waals surface area contributed by atoms with Crippen LogP contribution in [-0.2, 0) is 27.1 Å². The zero-order valence-corrected chi connectivity index (χ0v) is 20.8. The highest BCUT2D eigenvalue weighted by molar-refractivity contribution is 5.90. The quantitative estimate of drug-likeness (QED) is 0.476. The van der Waals surface area contributed by atoms with Gasteiger partial charge in [0.2, 0.25) is 0 Å².